The number of nitrogens with zero attached hydrogens (tertiary/aromatic N) is 4. The van der Waals surface area contributed by atoms with Crippen LogP contribution in [0.15, 0.2) is 11.3 Å². The molecule has 0 saturated heterocycles. The van der Waals surface area contributed by atoms with E-state index in [0.29, 0.717) is 5.69 Å². The van der Waals surface area contributed by atoms with E-state index in [2.05, 4.69) is 15.5 Å². The molecule has 1 heterocycles. The number of aromatic nitrogens is 2. The third-order valence-corrected chi connectivity index (χ3v) is 2.95. The zero-order valence-electron chi connectivity index (χ0n) is 10.1. The Morgan fingerprint density at radius 1 is 1.68 bits per heavy atom. The van der Waals surface area contributed by atoms with E-state index in [1.807, 2.05) is 0 Å². The van der Waals surface area contributed by atoms with E-state index in [9.17, 15) is 18.5 Å². The molecular formula is C8H13N5O5S. The molecule has 106 valence electrons. The summed E-state index contributed by atoms with van der Waals surface area (Å²) in [4.78, 5) is 13.5. The fraction of sp³-hybridized carbons (Fsp3) is 0.500. The summed E-state index contributed by atoms with van der Waals surface area (Å²) in [6, 6.07) is 0. The number of hydrogen-bond donors (Lipinski definition) is 2. The fourth-order valence-corrected chi connectivity index (χ4v) is 1.72. The number of rotatable bonds is 7. The van der Waals surface area contributed by atoms with Gasteiger partial charge in [0.2, 0.25) is 0 Å². The van der Waals surface area contributed by atoms with Crippen LogP contribution in [0.1, 0.15) is 12.1 Å². The molecule has 0 atom stereocenters. The maximum Gasteiger partial charge on any atom is 0.434 e. The van der Waals surface area contributed by atoms with Crippen LogP contribution in [0.25, 0.3) is 0 Å². The second-order valence-corrected chi connectivity index (χ2v) is 5.18. The van der Waals surface area contributed by atoms with Crippen LogP contribution in [-0.4, -0.2) is 46.0 Å². The van der Waals surface area contributed by atoms with Gasteiger partial charge in [0.15, 0.2) is 5.69 Å². The standard InChI is InChI=1S/C8H13N5O5S/c1-12-7(5-9-8(12)13(14)15)6-11-10-3-2-4-19(16,17)18/h5-6,10H,2-4H2,1H3,(H,16,17,18). The third kappa shape index (κ3) is 5.01. The minimum atomic E-state index is -3.96. The Bertz CT molecular complexity index is 578. The molecule has 0 aliphatic heterocycles. The van der Waals surface area contributed by atoms with Gasteiger partial charge in [0.1, 0.15) is 6.20 Å². The van der Waals surface area contributed by atoms with Gasteiger partial charge < -0.3 is 15.5 Å². The first-order chi connectivity index (χ1) is 8.81. The number of nitro groups is 1. The zero-order valence-corrected chi connectivity index (χ0v) is 10.9. The van der Waals surface area contributed by atoms with Crippen molar-refractivity contribution in [3.8, 4) is 0 Å². The van der Waals surface area contributed by atoms with Crippen LogP contribution in [0.2, 0.25) is 0 Å². The van der Waals surface area contributed by atoms with Crippen LogP contribution in [-0.2, 0) is 17.2 Å². The van der Waals surface area contributed by atoms with Gasteiger partial charge in [-0.05, 0) is 11.3 Å². The molecule has 1 aromatic heterocycles. The van der Waals surface area contributed by atoms with Gasteiger partial charge in [-0.3, -0.25) is 4.55 Å². The predicted molar refractivity (Wildman–Crippen MR) is 66.5 cm³/mol. The monoisotopic (exact) mass is 291 g/mol. The minimum Gasteiger partial charge on any atom is -0.390 e. The molecule has 0 amide bonds. The predicted octanol–water partition coefficient (Wildman–Crippen LogP) is -0.470. The van der Waals surface area contributed by atoms with Crippen molar-refractivity contribution in [2.24, 2.45) is 12.1 Å². The molecule has 0 aliphatic carbocycles. The molecule has 10 nitrogen and oxygen atoms in total. The van der Waals surface area contributed by atoms with E-state index in [0.717, 1.165) is 0 Å². The van der Waals surface area contributed by atoms with Gasteiger partial charge in [0.25, 0.3) is 10.1 Å². The summed E-state index contributed by atoms with van der Waals surface area (Å²) in [7, 11) is -2.48. The summed E-state index contributed by atoms with van der Waals surface area (Å²) in [5, 5.41) is 14.3. The first-order valence-electron chi connectivity index (χ1n) is 5.18. The van der Waals surface area contributed by atoms with E-state index in [4.69, 9.17) is 4.55 Å². The second-order valence-electron chi connectivity index (χ2n) is 3.61. The smallest absolute Gasteiger partial charge is 0.390 e. The summed E-state index contributed by atoms with van der Waals surface area (Å²) in [6.45, 7) is 0.246. The van der Waals surface area contributed by atoms with Gasteiger partial charge >= 0.3 is 5.95 Å². The average molecular weight is 291 g/mol. The molecule has 0 aliphatic rings. The summed E-state index contributed by atoms with van der Waals surface area (Å²) >= 11 is 0. The zero-order chi connectivity index (χ0) is 14.5. The topological polar surface area (TPSA) is 140 Å². The van der Waals surface area contributed by atoms with Gasteiger partial charge in [-0.2, -0.15) is 13.5 Å². The molecule has 0 radical (unpaired) electrons. The summed E-state index contributed by atoms with van der Waals surface area (Å²) in [5.74, 6) is -0.653. The van der Waals surface area contributed by atoms with Crippen LogP contribution in [0.4, 0.5) is 5.95 Å². The van der Waals surface area contributed by atoms with Crippen molar-refractivity contribution in [2.45, 2.75) is 6.42 Å². The Morgan fingerprint density at radius 3 is 2.89 bits per heavy atom. The average Bonchev–Trinajstić information content (AvgIpc) is 2.64. The van der Waals surface area contributed by atoms with E-state index in [1.165, 1.54) is 24.0 Å². The largest absolute Gasteiger partial charge is 0.434 e. The molecule has 1 rings (SSSR count). The maximum atomic E-state index is 10.5. The van der Waals surface area contributed by atoms with Gasteiger partial charge in [-0.15, -0.1) is 0 Å². The van der Waals surface area contributed by atoms with E-state index in [-0.39, 0.29) is 24.7 Å². The maximum absolute atomic E-state index is 10.5. The second kappa shape index (κ2) is 6.24. The van der Waals surface area contributed by atoms with E-state index in [1.54, 1.807) is 0 Å². The Labute approximate surface area is 109 Å². The van der Waals surface area contributed by atoms with Crippen LogP contribution >= 0.6 is 0 Å². The molecule has 1 aromatic rings. The van der Waals surface area contributed by atoms with Gasteiger partial charge in [0, 0.05) is 6.54 Å². The lowest BCUT2D eigenvalue weighted by Crippen LogP contribution is -2.13. The lowest BCUT2D eigenvalue weighted by molar-refractivity contribution is -0.396. The van der Waals surface area contributed by atoms with Crippen molar-refractivity contribution in [1.29, 1.82) is 0 Å². The van der Waals surface area contributed by atoms with E-state index >= 15 is 0 Å². The highest BCUT2D eigenvalue weighted by Crippen LogP contribution is 2.08. The fourth-order valence-electron chi connectivity index (χ4n) is 1.21. The van der Waals surface area contributed by atoms with Gasteiger partial charge in [-0.25, -0.2) is 4.57 Å². The first kappa shape index (κ1) is 15.0. The van der Waals surface area contributed by atoms with Crippen molar-refractivity contribution in [1.82, 2.24) is 15.0 Å². The Kier molecular flexibility index (Phi) is 4.94. The number of nitrogens with one attached hydrogen (secondary N) is 1. The van der Waals surface area contributed by atoms with Crippen molar-refractivity contribution in [3.63, 3.8) is 0 Å². The quantitative estimate of drug-likeness (QED) is 0.227. The number of hydrogen-bond acceptors (Lipinski definition) is 7. The highest BCUT2D eigenvalue weighted by molar-refractivity contribution is 7.85. The van der Waals surface area contributed by atoms with Gasteiger partial charge in [-0.1, -0.05) is 4.98 Å². The third-order valence-electron chi connectivity index (χ3n) is 2.14. The summed E-state index contributed by atoms with van der Waals surface area (Å²) in [5.41, 5.74) is 2.98. The normalized spacial score (nSPS) is 11.9. The molecule has 0 spiro atoms. The number of hydrazone groups is 1. The number of imidazole rings is 1. The molecule has 0 unspecified atom stereocenters. The molecule has 19 heavy (non-hydrogen) atoms. The summed E-state index contributed by atoms with van der Waals surface area (Å²) < 4.78 is 30.5. The van der Waals surface area contributed by atoms with Crippen LogP contribution < -0.4 is 5.43 Å². The van der Waals surface area contributed by atoms with Crippen molar-refractivity contribution < 1.29 is 17.9 Å². The first-order valence-corrected chi connectivity index (χ1v) is 6.79. The van der Waals surface area contributed by atoms with Crippen molar-refractivity contribution in [2.75, 3.05) is 12.3 Å². The Morgan fingerprint density at radius 2 is 2.37 bits per heavy atom. The lowest BCUT2D eigenvalue weighted by Gasteiger charge is -1.98. The van der Waals surface area contributed by atoms with Crippen LogP contribution in [0.5, 0.6) is 0 Å². The highest BCUT2D eigenvalue weighted by atomic mass is 32.2. The molecule has 0 saturated carbocycles. The van der Waals surface area contributed by atoms with Crippen molar-refractivity contribution in [3.05, 3.63) is 22.0 Å². The van der Waals surface area contributed by atoms with Crippen LogP contribution in [0.3, 0.4) is 0 Å². The minimum absolute atomic E-state index is 0.196. The molecule has 0 bridgehead atoms. The summed E-state index contributed by atoms with van der Waals surface area (Å²) in [6.07, 6.45) is 2.82. The Hall–Kier alpha value is -2.01. The van der Waals surface area contributed by atoms with E-state index < -0.39 is 15.0 Å². The van der Waals surface area contributed by atoms with Gasteiger partial charge in [0.05, 0.1) is 19.0 Å². The molecule has 11 heteroatoms. The Balaban J connectivity index is 2.43. The van der Waals surface area contributed by atoms with Crippen molar-refractivity contribution >= 4 is 22.3 Å². The lowest BCUT2D eigenvalue weighted by atomic mass is 10.5. The molecule has 0 fully saturated rings. The molecule has 2 N–H and O–H groups in total. The highest BCUT2D eigenvalue weighted by Gasteiger charge is 2.15. The SMILES string of the molecule is Cn1c(C=NNCCCS(=O)(=O)O)cnc1[N+](=O)[O-]. The molecule has 0 aromatic carbocycles. The van der Waals surface area contributed by atoms with Crippen LogP contribution in [0, 0.1) is 10.1 Å². The molecular weight excluding hydrogens is 278 g/mol.